The summed E-state index contributed by atoms with van der Waals surface area (Å²) in [5.41, 5.74) is 0.868. The molecule has 1 heterocycles. The largest absolute Gasteiger partial charge is 0.469 e. The summed E-state index contributed by atoms with van der Waals surface area (Å²) in [6.45, 7) is 2.25. The number of hydrogen-bond acceptors (Lipinski definition) is 6. The van der Waals surface area contributed by atoms with Crippen molar-refractivity contribution in [2.45, 2.75) is 19.8 Å². The van der Waals surface area contributed by atoms with Crippen molar-refractivity contribution in [3.63, 3.8) is 0 Å². The summed E-state index contributed by atoms with van der Waals surface area (Å²) >= 11 is 1.53. The maximum Gasteiger partial charge on any atom is 0.306 e. The number of carbonyl (C=O) groups is 1. The van der Waals surface area contributed by atoms with Crippen molar-refractivity contribution in [1.82, 2.24) is 14.0 Å². The monoisotopic (exact) mass is 321 g/mol. The normalized spacial score (nSPS) is 11.8. The van der Waals surface area contributed by atoms with E-state index in [9.17, 15) is 13.2 Å². The topological polar surface area (TPSA) is 88.6 Å². The van der Waals surface area contributed by atoms with Gasteiger partial charge in [-0.25, -0.2) is 9.71 Å². The first-order valence-corrected chi connectivity index (χ1v) is 8.36. The number of rotatable bonds is 8. The van der Waals surface area contributed by atoms with E-state index in [-0.39, 0.29) is 19.5 Å². The second-order valence-corrected chi connectivity index (χ2v) is 7.08. The highest BCUT2D eigenvalue weighted by atomic mass is 32.2. The summed E-state index contributed by atoms with van der Waals surface area (Å²) < 4.78 is 31.8. The Morgan fingerprint density at radius 1 is 1.55 bits per heavy atom. The lowest BCUT2D eigenvalue weighted by Crippen LogP contribution is -2.40. The lowest BCUT2D eigenvalue weighted by atomic mass is 10.3. The average Bonchev–Trinajstić information content (AvgIpc) is 2.80. The van der Waals surface area contributed by atoms with E-state index in [0.29, 0.717) is 6.42 Å². The summed E-state index contributed by atoms with van der Waals surface area (Å²) in [5.74, 6) is -0.440. The number of aryl methyl sites for hydroxylation is 1. The van der Waals surface area contributed by atoms with E-state index in [1.54, 1.807) is 0 Å². The maximum atomic E-state index is 11.9. The molecule has 0 fully saturated rings. The Morgan fingerprint density at radius 2 is 2.25 bits per heavy atom. The maximum absolute atomic E-state index is 11.9. The first-order valence-electron chi connectivity index (χ1n) is 6.04. The molecule has 9 heteroatoms. The molecule has 1 N–H and O–H groups in total. The molecule has 1 aromatic heterocycles. The fourth-order valence-corrected chi connectivity index (χ4v) is 2.97. The van der Waals surface area contributed by atoms with Crippen LogP contribution in [0.4, 0.5) is 0 Å². The van der Waals surface area contributed by atoms with Crippen molar-refractivity contribution in [1.29, 1.82) is 0 Å². The lowest BCUT2D eigenvalue weighted by molar-refractivity contribution is -0.140. The van der Waals surface area contributed by atoms with E-state index in [0.717, 1.165) is 15.0 Å². The summed E-state index contributed by atoms with van der Waals surface area (Å²) in [6.07, 6.45) is 0.563. The molecule has 0 spiro atoms. The SMILES string of the molecule is COC(=O)CCN(C)S(=O)(=O)NCCc1csc(C)n1. The summed E-state index contributed by atoms with van der Waals surface area (Å²) in [6, 6.07) is 0. The Kier molecular flexibility index (Phi) is 6.53. The van der Waals surface area contributed by atoms with Gasteiger partial charge in [0.25, 0.3) is 10.2 Å². The Balaban J connectivity index is 2.38. The summed E-state index contributed by atoms with van der Waals surface area (Å²) in [4.78, 5) is 15.2. The van der Waals surface area contributed by atoms with Gasteiger partial charge in [0, 0.05) is 31.9 Å². The molecular weight excluding hydrogens is 302 g/mol. The highest BCUT2D eigenvalue weighted by molar-refractivity contribution is 7.87. The second-order valence-electron chi connectivity index (χ2n) is 4.15. The Bertz CT molecular complexity index is 542. The van der Waals surface area contributed by atoms with Gasteiger partial charge in [-0.15, -0.1) is 11.3 Å². The number of hydrogen-bond donors (Lipinski definition) is 1. The van der Waals surface area contributed by atoms with Gasteiger partial charge in [0.05, 0.1) is 24.2 Å². The van der Waals surface area contributed by atoms with E-state index < -0.39 is 16.2 Å². The van der Waals surface area contributed by atoms with Crippen LogP contribution in [0.3, 0.4) is 0 Å². The molecule has 0 aromatic carbocycles. The Morgan fingerprint density at radius 3 is 2.80 bits per heavy atom. The molecule has 20 heavy (non-hydrogen) atoms. The third kappa shape index (κ3) is 5.53. The number of methoxy groups -OCH3 is 1. The van der Waals surface area contributed by atoms with Gasteiger partial charge in [-0.3, -0.25) is 4.79 Å². The van der Waals surface area contributed by atoms with E-state index >= 15 is 0 Å². The zero-order valence-corrected chi connectivity index (χ0v) is 13.4. The van der Waals surface area contributed by atoms with Crippen molar-refractivity contribution >= 4 is 27.5 Å². The Hall–Kier alpha value is -1.03. The van der Waals surface area contributed by atoms with Crippen molar-refractivity contribution in [2.24, 2.45) is 0 Å². The molecule has 0 aliphatic heterocycles. The molecule has 7 nitrogen and oxygen atoms in total. The van der Waals surface area contributed by atoms with Crippen LogP contribution < -0.4 is 4.72 Å². The highest BCUT2D eigenvalue weighted by Crippen LogP contribution is 2.08. The predicted molar refractivity (Wildman–Crippen MR) is 76.7 cm³/mol. The predicted octanol–water partition coefficient (Wildman–Crippen LogP) is 0.323. The van der Waals surface area contributed by atoms with Crippen LogP contribution in [-0.2, 0) is 26.2 Å². The number of thiazole rings is 1. The number of esters is 1. The third-order valence-electron chi connectivity index (χ3n) is 2.60. The van der Waals surface area contributed by atoms with Crippen LogP contribution in [0, 0.1) is 6.92 Å². The first-order chi connectivity index (χ1) is 9.35. The first kappa shape index (κ1) is 17.0. The van der Waals surface area contributed by atoms with E-state index in [2.05, 4.69) is 14.4 Å². The molecule has 1 aromatic rings. The average molecular weight is 321 g/mol. The zero-order valence-electron chi connectivity index (χ0n) is 11.7. The van der Waals surface area contributed by atoms with Crippen LogP contribution in [0.5, 0.6) is 0 Å². The zero-order chi connectivity index (χ0) is 15.2. The van der Waals surface area contributed by atoms with Crippen molar-refractivity contribution in [2.75, 3.05) is 27.2 Å². The Labute approximate surface area is 123 Å². The molecule has 0 atom stereocenters. The van der Waals surface area contributed by atoms with E-state index in [1.165, 1.54) is 25.5 Å². The van der Waals surface area contributed by atoms with Gasteiger partial charge < -0.3 is 4.74 Å². The fraction of sp³-hybridized carbons (Fsp3) is 0.636. The molecule has 1 rings (SSSR count). The lowest BCUT2D eigenvalue weighted by Gasteiger charge is -2.16. The molecule has 0 amide bonds. The van der Waals surface area contributed by atoms with Crippen LogP contribution in [0.25, 0.3) is 0 Å². The van der Waals surface area contributed by atoms with Crippen molar-refractivity contribution in [3.8, 4) is 0 Å². The van der Waals surface area contributed by atoms with Crippen LogP contribution >= 0.6 is 11.3 Å². The van der Waals surface area contributed by atoms with Gasteiger partial charge >= 0.3 is 5.97 Å². The number of nitrogens with one attached hydrogen (secondary N) is 1. The number of carbonyl (C=O) groups excluding carboxylic acids is 1. The van der Waals surface area contributed by atoms with E-state index in [4.69, 9.17) is 0 Å². The summed E-state index contributed by atoms with van der Waals surface area (Å²) in [5, 5.41) is 2.86. The minimum Gasteiger partial charge on any atom is -0.469 e. The third-order valence-corrected chi connectivity index (χ3v) is 5.00. The molecule has 114 valence electrons. The van der Waals surface area contributed by atoms with Gasteiger partial charge in [-0.05, 0) is 6.92 Å². The molecule has 0 aliphatic carbocycles. The molecule has 0 saturated carbocycles. The second kappa shape index (κ2) is 7.67. The van der Waals surface area contributed by atoms with Crippen LogP contribution in [0.15, 0.2) is 5.38 Å². The smallest absolute Gasteiger partial charge is 0.306 e. The standard InChI is InChI=1S/C11H19N3O4S2/c1-9-13-10(8-19-9)4-6-12-20(16,17)14(2)7-5-11(15)18-3/h8,12H,4-7H2,1-3H3. The summed E-state index contributed by atoms with van der Waals surface area (Å²) in [7, 11) is -0.893. The molecule has 0 bridgehead atoms. The van der Waals surface area contributed by atoms with Crippen LogP contribution in [-0.4, -0.2) is 50.9 Å². The van der Waals surface area contributed by atoms with Crippen molar-refractivity contribution < 1.29 is 17.9 Å². The molecule has 0 aliphatic rings. The van der Waals surface area contributed by atoms with Gasteiger partial charge in [-0.1, -0.05) is 0 Å². The minimum absolute atomic E-state index is 0.0270. The van der Waals surface area contributed by atoms with Crippen LogP contribution in [0.2, 0.25) is 0 Å². The number of nitrogens with zero attached hydrogens (tertiary/aromatic N) is 2. The molecule has 0 unspecified atom stereocenters. The van der Waals surface area contributed by atoms with E-state index in [1.807, 2.05) is 12.3 Å². The highest BCUT2D eigenvalue weighted by Gasteiger charge is 2.18. The fourth-order valence-electron chi connectivity index (χ4n) is 1.41. The van der Waals surface area contributed by atoms with Crippen molar-refractivity contribution in [3.05, 3.63) is 16.1 Å². The quantitative estimate of drug-likeness (QED) is 0.697. The molecule has 0 saturated heterocycles. The van der Waals surface area contributed by atoms with Crippen LogP contribution in [0.1, 0.15) is 17.1 Å². The number of ether oxygens (including phenoxy) is 1. The number of aromatic nitrogens is 1. The van der Waals surface area contributed by atoms with Gasteiger partial charge in [0.1, 0.15) is 0 Å². The van der Waals surface area contributed by atoms with Gasteiger partial charge in [0.2, 0.25) is 0 Å². The van der Waals surface area contributed by atoms with Gasteiger partial charge in [0.15, 0.2) is 0 Å². The molecular formula is C11H19N3O4S2. The minimum atomic E-state index is -3.58. The molecule has 0 radical (unpaired) electrons. The van der Waals surface area contributed by atoms with Gasteiger partial charge in [-0.2, -0.15) is 12.7 Å².